The van der Waals surface area contributed by atoms with Crippen LogP contribution in [-0.2, 0) is 11.4 Å². The smallest absolute Gasteiger partial charge is 0.289 e. The van der Waals surface area contributed by atoms with Gasteiger partial charge in [0.1, 0.15) is 23.1 Å². The Hall–Kier alpha value is -3.46. The quantitative estimate of drug-likeness (QED) is 0.562. The van der Waals surface area contributed by atoms with E-state index >= 15 is 0 Å². The molecule has 0 bridgehead atoms. The molecule has 3 rings (SSSR count). The summed E-state index contributed by atoms with van der Waals surface area (Å²) in [6.07, 6.45) is -1.02. The first-order valence-electron chi connectivity index (χ1n) is 9.07. The highest BCUT2D eigenvalue weighted by Crippen LogP contribution is 2.17. The van der Waals surface area contributed by atoms with E-state index in [2.05, 4.69) is 15.8 Å². The Labute approximate surface area is 176 Å². The van der Waals surface area contributed by atoms with Crippen molar-refractivity contribution in [2.75, 3.05) is 0 Å². The molecule has 30 heavy (non-hydrogen) atoms. The number of nitrogens with zero attached hydrogens (tertiary/aromatic N) is 1. The molecule has 0 aliphatic heterocycles. The van der Waals surface area contributed by atoms with Crippen LogP contribution in [-0.4, -0.2) is 22.9 Å². The zero-order valence-electron chi connectivity index (χ0n) is 16.3. The number of aryl methyl sites for hydroxylation is 1. The summed E-state index contributed by atoms with van der Waals surface area (Å²) in [5, 5.41) is 2.18. The molecule has 1 aromatic heterocycles. The average Bonchev–Trinajstić information content (AvgIpc) is 3.22. The molecule has 0 saturated carbocycles. The van der Waals surface area contributed by atoms with Crippen LogP contribution in [0.15, 0.2) is 53.9 Å². The van der Waals surface area contributed by atoms with Crippen LogP contribution in [0, 0.1) is 12.7 Å². The molecular formula is C21H20FN3O4S. The van der Waals surface area contributed by atoms with E-state index in [4.69, 9.17) is 9.47 Å². The predicted octanol–water partition coefficient (Wildman–Crippen LogP) is 3.40. The third-order valence-electron chi connectivity index (χ3n) is 3.98. The number of carbonyl (C=O) groups is 2. The number of para-hydroxylation sites is 1. The Bertz CT molecular complexity index is 1020. The number of carbonyl (C=O) groups excluding carboxylic acids is 2. The van der Waals surface area contributed by atoms with E-state index in [1.54, 1.807) is 11.4 Å². The van der Waals surface area contributed by atoms with Gasteiger partial charge in [0.25, 0.3) is 11.8 Å². The molecule has 3 aromatic rings. The Kier molecular flexibility index (Phi) is 6.97. The number of benzene rings is 2. The molecule has 2 N–H and O–H groups in total. The summed E-state index contributed by atoms with van der Waals surface area (Å²) in [4.78, 5) is 28.5. The van der Waals surface area contributed by atoms with E-state index < -0.39 is 23.7 Å². The Morgan fingerprint density at radius 1 is 1.13 bits per heavy atom. The minimum absolute atomic E-state index is 0.0517. The van der Waals surface area contributed by atoms with Crippen molar-refractivity contribution in [3.63, 3.8) is 0 Å². The van der Waals surface area contributed by atoms with Crippen LogP contribution in [0.25, 0.3) is 0 Å². The van der Waals surface area contributed by atoms with Crippen molar-refractivity contribution in [2.24, 2.45) is 0 Å². The number of thiazole rings is 1. The topological polar surface area (TPSA) is 89.5 Å². The zero-order valence-corrected chi connectivity index (χ0v) is 17.2. The maximum atomic E-state index is 13.6. The van der Waals surface area contributed by atoms with Crippen LogP contribution in [0.3, 0.4) is 0 Å². The van der Waals surface area contributed by atoms with Gasteiger partial charge in [0, 0.05) is 5.38 Å². The van der Waals surface area contributed by atoms with Gasteiger partial charge in [-0.15, -0.1) is 11.3 Å². The van der Waals surface area contributed by atoms with Gasteiger partial charge in [-0.3, -0.25) is 20.4 Å². The van der Waals surface area contributed by atoms with Crippen LogP contribution >= 0.6 is 11.3 Å². The number of amides is 2. The standard InChI is InChI=1S/C21H20FN3O4S/c1-13-7-9-15(10-8-13)28-11-19-23-17(12-30-19)21(27)25-24-20(26)14(2)29-18-6-4-3-5-16(18)22/h3-10,12,14H,11H2,1-2H3,(H,24,26)(H,25,27). The van der Waals surface area contributed by atoms with E-state index in [0.717, 1.165) is 5.56 Å². The van der Waals surface area contributed by atoms with E-state index in [-0.39, 0.29) is 18.1 Å². The molecule has 1 heterocycles. The Morgan fingerprint density at radius 2 is 1.87 bits per heavy atom. The first kappa shape index (κ1) is 21.3. The van der Waals surface area contributed by atoms with E-state index in [0.29, 0.717) is 10.8 Å². The zero-order chi connectivity index (χ0) is 21.5. The molecule has 0 radical (unpaired) electrons. The highest BCUT2D eigenvalue weighted by atomic mass is 32.1. The van der Waals surface area contributed by atoms with Crippen LogP contribution in [0.4, 0.5) is 4.39 Å². The van der Waals surface area contributed by atoms with Gasteiger partial charge in [-0.1, -0.05) is 29.8 Å². The maximum absolute atomic E-state index is 13.6. The summed E-state index contributed by atoms with van der Waals surface area (Å²) >= 11 is 1.27. The fraction of sp³-hybridized carbons (Fsp3) is 0.190. The molecule has 2 aromatic carbocycles. The number of hydrogen-bond acceptors (Lipinski definition) is 6. The van der Waals surface area contributed by atoms with Gasteiger partial charge in [0.15, 0.2) is 17.7 Å². The fourth-order valence-corrected chi connectivity index (χ4v) is 3.01. The third-order valence-corrected chi connectivity index (χ3v) is 4.80. The molecule has 1 unspecified atom stereocenters. The third kappa shape index (κ3) is 5.77. The van der Waals surface area contributed by atoms with Gasteiger partial charge in [0.05, 0.1) is 0 Å². The molecule has 1 atom stereocenters. The average molecular weight is 429 g/mol. The summed E-state index contributed by atoms with van der Waals surface area (Å²) < 4.78 is 24.5. The normalized spacial score (nSPS) is 11.4. The number of halogens is 1. The molecule has 0 saturated heterocycles. The lowest BCUT2D eigenvalue weighted by atomic mass is 10.2. The van der Waals surface area contributed by atoms with Crippen molar-refractivity contribution in [1.82, 2.24) is 15.8 Å². The first-order valence-corrected chi connectivity index (χ1v) is 9.95. The van der Waals surface area contributed by atoms with Crippen molar-refractivity contribution < 1.29 is 23.5 Å². The van der Waals surface area contributed by atoms with Gasteiger partial charge >= 0.3 is 0 Å². The molecular weight excluding hydrogens is 409 g/mol. The minimum Gasteiger partial charge on any atom is -0.486 e. The number of hydrazine groups is 1. The highest BCUT2D eigenvalue weighted by molar-refractivity contribution is 7.09. The first-order chi connectivity index (χ1) is 14.4. The molecule has 0 aliphatic rings. The molecule has 9 heteroatoms. The second-order valence-corrected chi connectivity index (χ2v) is 7.30. The second kappa shape index (κ2) is 9.84. The molecule has 7 nitrogen and oxygen atoms in total. The predicted molar refractivity (Wildman–Crippen MR) is 110 cm³/mol. The highest BCUT2D eigenvalue weighted by Gasteiger charge is 2.18. The minimum atomic E-state index is -1.02. The van der Waals surface area contributed by atoms with E-state index in [1.807, 2.05) is 31.2 Å². The molecule has 0 aliphatic carbocycles. The van der Waals surface area contributed by atoms with Gasteiger partial charge in [-0.2, -0.15) is 0 Å². The van der Waals surface area contributed by atoms with Crippen molar-refractivity contribution in [3.8, 4) is 11.5 Å². The van der Waals surface area contributed by atoms with Gasteiger partial charge in [-0.05, 0) is 38.1 Å². The summed E-state index contributed by atoms with van der Waals surface area (Å²) in [7, 11) is 0. The van der Waals surface area contributed by atoms with E-state index in [9.17, 15) is 14.0 Å². The van der Waals surface area contributed by atoms with E-state index in [1.165, 1.54) is 36.5 Å². The van der Waals surface area contributed by atoms with Gasteiger partial charge in [-0.25, -0.2) is 9.37 Å². The van der Waals surface area contributed by atoms with Crippen molar-refractivity contribution in [3.05, 3.63) is 76.0 Å². The molecule has 0 fully saturated rings. The largest absolute Gasteiger partial charge is 0.486 e. The van der Waals surface area contributed by atoms with Gasteiger partial charge in [0.2, 0.25) is 0 Å². The number of ether oxygens (including phenoxy) is 2. The number of rotatable bonds is 7. The van der Waals surface area contributed by atoms with Crippen LogP contribution in [0.5, 0.6) is 11.5 Å². The van der Waals surface area contributed by atoms with Crippen molar-refractivity contribution >= 4 is 23.2 Å². The second-order valence-electron chi connectivity index (χ2n) is 6.36. The van der Waals surface area contributed by atoms with Crippen LogP contribution in [0.2, 0.25) is 0 Å². The summed E-state index contributed by atoms with van der Waals surface area (Å²) in [5.74, 6) is -1.14. The van der Waals surface area contributed by atoms with Gasteiger partial charge < -0.3 is 9.47 Å². The lowest BCUT2D eigenvalue weighted by molar-refractivity contribution is -0.128. The Balaban J connectivity index is 1.47. The van der Waals surface area contributed by atoms with Crippen LogP contribution < -0.4 is 20.3 Å². The Morgan fingerprint density at radius 3 is 2.60 bits per heavy atom. The molecule has 2 amide bonds. The lowest BCUT2D eigenvalue weighted by Crippen LogP contribution is -2.47. The van der Waals surface area contributed by atoms with Crippen LogP contribution in [0.1, 0.15) is 28.0 Å². The number of nitrogens with one attached hydrogen (secondary N) is 2. The lowest BCUT2D eigenvalue weighted by Gasteiger charge is -2.15. The number of hydrogen-bond donors (Lipinski definition) is 2. The summed E-state index contributed by atoms with van der Waals surface area (Å²) in [6.45, 7) is 3.65. The molecule has 156 valence electrons. The monoisotopic (exact) mass is 429 g/mol. The maximum Gasteiger partial charge on any atom is 0.289 e. The summed E-state index contributed by atoms with van der Waals surface area (Å²) in [6, 6.07) is 13.3. The van der Waals surface area contributed by atoms with Crippen molar-refractivity contribution in [2.45, 2.75) is 26.6 Å². The summed E-state index contributed by atoms with van der Waals surface area (Å²) in [5.41, 5.74) is 5.78. The van der Waals surface area contributed by atoms with Crippen molar-refractivity contribution in [1.29, 1.82) is 0 Å². The molecule has 0 spiro atoms. The SMILES string of the molecule is Cc1ccc(OCc2nc(C(=O)NNC(=O)C(C)Oc3ccccc3F)cs2)cc1. The fourth-order valence-electron chi connectivity index (χ4n) is 2.33. The number of aromatic nitrogens is 1.